The van der Waals surface area contributed by atoms with Crippen molar-refractivity contribution >= 4 is 5.82 Å². The summed E-state index contributed by atoms with van der Waals surface area (Å²) < 4.78 is 31.3. The molecule has 1 N–H and O–H groups in total. The van der Waals surface area contributed by atoms with Crippen LogP contribution in [0.4, 0.5) is 14.6 Å². The van der Waals surface area contributed by atoms with E-state index in [1.54, 1.807) is 6.92 Å². The van der Waals surface area contributed by atoms with Crippen molar-refractivity contribution < 1.29 is 13.5 Å². The van der Waals surface area contributed by atoms with Gasteiger partial charge in [0.2, 0.25) is 5.88 Å². The van der Waals surface area contributed by atoms with Crippen molar-refractivity contribution in [2.75, 3.05) is 11.9 Å². The Hall–Kier alpha value is -2.24. The second-order valence-electron chi connectivity index (χ2n) is 3.86. The average Bonchev–Trinajstić information content (AvgIpc) is 2.39. The van der Waals surface area contributed by atoms with Crippen molar-refractivity contribution in [2.24, 2.45) is 0 Å². The van der Waals surface area contributed by atoms with Crippen LogP contribution in [0.15, 0.2) is 24.5 Å². The van der Waals surface area contributed by atoms with E-state index in [9.17, 15) is 8.78 Å². The van der Waals surface area contributed by atoms with Crippen LogP contribution in [0.1, 0.15) is 12.5 Å². The Balaban J connectivity index is 2.27. The summed E-state index contributed by atoms with van der Waals surface area (Å²) in [5, 5.41) is 3.06. The largest absolute Gasteiger partial charge is 0.438 e. The predicted molar refractivity (Wildman–Crippen MR) is 67.4 cm³/mol. The van der Waals surface area contributed by atoms with Gasteiger partial charge < -0.3 is 10.1 Å². The van der Waals surface area contributed by atoms with Crippen LogP contribution >= 0.6 is 0 Å². The molecule has 0 amide bonds. The summed E-state index contributed by atoms with van der Waals surface area (Å²) in [5.41, 5.74) is 0.703. The first-order chi connectivity index (χ1) is 9.11. The first-order valence-corrected chi connectivity index (χ1v) is 5.80. The minimum atomic E-state index is -0.962. The molecule has 0 radical (unpaired) electrons. The fourth-order valence-electron chi connectivity index (χ4n) is 1.53. The number of hydrogen-bond donors (Lipinski definition) is 1. The molecule has 0 unspecified atom stereocenters. The molecule has 0 atom stereocenters. The van der Waals surface area contributed by atoms with Gasteiger partial charge in [0, 0.05) is 12.6 Å². The molecule has 19 heavy (non-hydrogen) atoms. The molecule has 0 bridgehead atoms. The highest BCUT2D eigenvalue weighted by Crippen LogP contribution is 2.26. The standard InChI is InChI=1S/C13H13F2N3O/c1-3-16-12-8(2)13(18-7-17-12)19-9-4-5-10(14)11(15)6-9/h4-7H,3H2,1-2H3,(H,16,17,18). The van der Waals surface area contributed by atoms with Crippen LogP contribution in [-0.4, -0.2) is 16.5 Å². The van der Waals surface area contributed by atoms with Crippen molar-refractivity contribution in [3.63, 3.8) is 0 Å². The summed E-state index contributed by atoms with van der Waals surface area (Å²) in [4.78, 5) is 8.04. The number of rotatable bonds is 4. The molecular weight excluding hydrogens is 252 g/mol. The molecule has 0 fully saturated rings. The molecule has 100 valence electrons. The van der Waals surface area contributed by atoms with E-state index in [2.05, 4.69) is 15.3 Å². The maximum absolute atomic E-state index is 13.1. The molecule has 0 saturated heterocycles. The molecule has 1 aromatic heterocycles. The van der Waals surface area contributed by atoms with Gasteiger partial charge in [0.1, 0.15) is 17.9 Å². The van der Waals surface area contributed by atoms with Gasteiger partial charge in [0.15, 0.2) is 11.6 Å². The average molecular weight is 265 g/mol. The molecule has 2 rings (SSSR count). The molecule has 0 saturated carbocycles. The van der Waals surface area contributed by atoms with E-state index in [0.717, 1.165) is 12.1 Å². The smallest absolute Gasteiger partial charge is 0.227 e. The summed E-state index contributed by atoms with van der Waals surface area (Å²) >= 11 is 0. The van der Waals surface area contributed by atoms with E-state index in [4.69, 9.17) is 4.74 Å². The Morgan fingerprint density at radius 3 is 2.68 bits per heavy atom. The normalized spacial score (nSPS) is 10.3. The topological polar surface area (TPSA) is 47.0 Å². The van der Waals surface area contributed by atoms with Crippen LogP contribution in [0, 0.1) is 18.6 Å². The summed E-state index contributed by atoms with van der Waals surface area (Å²) in [6.07, 6.45) is 1.35. The molecule has 0 aliphatic heterocycles. The van der Waals surface area contributed by atoms with E-state index in [1.165, 1.54) is 12.4 Å². The van der Waals surface area contributed by atoms with Gasteiger partial charge >= 0.3 is 0 Å². The predicted octanol–water partition coefficient (Wildman–Crippen LogP) is 3.29. The van der Waals surface area contributed by atoms with E-state index < -0.39 is 11.6 Å². The maximum atomic E-state index is 13.1. The Kier molecular flexibility index (Phi) is 3.89. The van der Waals surface area contributed by atoms with Crippen LogP contribution < -0.4 is 10.1 Å². The molecule has 0 aliphatic carbocycles. The molecule has 2 aromatic rings. The Morgan fingerprint density at radius 1 is 1.21 bits per heavy atom. The van der Waals surface area contributed by atoms with E-state index >= 15 is 0 Å². The number of anilines is 1. The maximum Gasteiger partial charge on any atom is 0.227 e. The lowest BCUT2D eigenvalue weighted by Crippen LogP contribution is -2.03. The number of ether oxygens (including phenoxy) is 1. The zero-order valence-electron chi connectivity index (χ0n) is 10.6. The number of nitrogens with one attached hydrogen (secondary N) is 1. The second kappa shape index (κ2) is 5.60. The van der Waals surface area contributed by atoms with E-state index in [0.29, 0.717) is 23.8 Å². The second-order valence-corrected chi connectivity index (χ2v) is 3.86. The monoisotopic (exact) mass is 265 g/mol. The molecular formula is C13H13F2N3O. The van der Waals surface area contributed by atoms with Crippen molar-refractivity contribution in [3.8, 4) is 11.6 Å². The van der Waals surface area contributed by atoms with Gasteiger partial charge in [-0.25, -0.2) is 18.7 Å². The Morgan fingerprint density at radius 2 is 2.00 bits per heavy atom. The van der Waals surface area contributed by atoms with Gasteiger partial charge in [-0.05, 0) is 26.0 Å². The minimum absolute atomic E-state index is 0.183. The summed E-state index contributed by atoms with van der Waals surface area (Å²) in [7, 11) is 0. The lowest BCUT2D eigenvalue weighted by atomic mass is 10.3. The van der Waals surface area contributed by atoms with Gasteiger partial charge in [0.05, 0.1) is 5.56 Å². The Labute approximate surface area is 109 Å². The van der Waals surface area contributed by atoms with Crippen LogP contribution in [0.3, 0.4) is 0 Å². The Bertz CT molecular complexity index is 590. The van der Waals surface area contributed by atoms with Crippen molar-refractivity contribution in [1.82, 2.24) is 9.97 Å². The van der Waals surface area contributed by atoms with Gasteiger partial charge in [-0.2, -0.15) is 0 Å². The third-order valence-electron chi connectivity index (χ3n) is 2.49. The summed E-state index contributed by atoms with van der Waals surface area (Å²) in [5.74, 6) is -0.744. The van der Waals surface area contributed by atoms with Crippen LogP contribution in [0.25, 0.3) is 0 Å². The number of nitrogens with zero attached hydrogens (tertiary/aromatic N) is 2. The number of aromatic nitrogens is 2. The first-order valence-electron chi connectivity index (χ1n) is 5.80. The molecule has 1 heterocycles. The van der Waals surface area contributed by atoms with E-state index in [1.807, 2.05) is 6.92 Å². The number of halogens is 2. The van der Waals surface area contributed by atoms with Crippen molar-refractivity contribution in [3.05, 3.63) is 41.7 Å². The minimum Gasteiger partial charge on any atom is -0.438 e. The highest BCUT2D eigenvalue weighted by Gasteiger charge is 2.10. The third kappa shape index (κ3) is 2.96. The highest BCUT2D eigenvalue weighted by atomic mass is 19.2. The number of benzene rings is 1. The summed E-state index contributed by atoms with van der Waals surface area (Å²) in [6, 6.07) is 3.32. The molecule has 4 nitrogen and oxygen atoms in total. The lowest BCUT2D eigenvalue weighted by Gasteiger charge is -2.11. The first kappa shape index (κ1) is 13.2. The van der Waals surface area contributed by atoms with Gasteiger partial charge in [-0.1, -0.05) is 0 Å². The van der Waals surface area contributed by atoms with Crippen LogP contribution in [0.2, 0.25) is 0 Å². The van der Waals surface area contributed by atoms with E-state index in [-0.39, 0.29) is 5.75 Å². The fraction of sp³-hybridized carbons (Fsp3) is 0.231. The molecule has 6 heteroatoms. The van der Waals surface area contributed by atoms with Gasteiger partial charge in [-0.3, -0.25) is 0 Å². The van der Waals surface area contributed by atoms with Crippen LogP contribution in [-0.2, 0) is 0 Å². The zero-order valence-corrected chi connectivity index (χ0v) is 10.6. The van der Waals surface area contributed by atoms with Crippen molar-refractivity contribution in [2.45, 2.75) is 13.8 Å². The molecule has 1 aromatic carbocycles. The lowest BCUT2D eigenvalue weighted by molar-refractivity contribution is 0.444. The summed E-state index contributed by atoms with van der Waals surface area (Å²) in [6.45, 7) is 4.44. The SMILES string of the molecule is CCNc1ncnc(Oc2ccc(F)c(F)c2)c1C. The van der Waals surface area contributed by atoms with Crippen LogP contribution in [0.5, 0.6) is 11.6 Å². The molecule has 0 spiro atoms. The fourth-order valence-corrected chi connectivity index (χ4v) is 1.53. The zero-order chi connectivity index (χ0) is 13.8. The van der Waals surface area contributed by atoms with Gasteiger partial charge in [-0.15, -0.1) is 0 Å². The van der Waals surface area contributed by atoms with Crippen molar-refractivity contribution in [1.29, 1.82) is 0 Å². The van der Waals surface area contributed by atoms with Gasteiger partial charge in [0.25, 0.3) is 0 Å². The quantitative estimate of drug-likeness (QED) is 0.921. The number of hydrogen-bond acceptors (Lipinski definition) is 4. The highest BCUT2D eigenvalue weighted by molar-refractivity contribution is 5.48. The third-order valence-corrected chi connectivity index (χ3v) is 2.49. The molecule has 0 aliphatic rings.